The van der Waals surface area contributed by atoms with Crippen LogP contribution in [0.15, 0.2) is 12.1 Å². The van der Waals surface area contributed by atoms with E-state index in [0.29, 0.717) is 6.54 Å². The molecule has 0 aliphatic heterocycles. The molecule has 0 radical (unpaired) electrons. The Labute approximate surface area is 111 Å². The van der Waals surface area contributed by atoms with Crippen molar-refractivity contribution in [3.05, 3.63) is 29.3 Å². The Morgan fingerprint density at radius 1 is 1.32 bits per heavy atom. The van der Waals surface area contributed by atoms with E-state index >= 15 is 0 Å². The summed E-state index contributed by atoms with van der Waals surface area (Å²) in [6.45, 7) is 2.64. The number of carbonyl (C=O) groups is 1. The molecule has 1 saturated carbocycles. The van der Waals surface area contributed by atoms with Crippen LogP contribution in [0.4, 0.5) is 14.5 Å². The fraction of sp³-hybridized carbons (Fsp3) is 0.500. The predicted molar refractivity (Wildman–Crippen MR) is 70.2 cm³/mol. The molecule has 0 bridgehead atoms. The van der Waals surface area contributed by atoms with Crippen LogP contribution in [0.3, 0.4) is 0 Å². The average molecular weight is 268 g/mol. The highest BCUT2D eigenvalue weighted by atomic mass is 19.1. The van der Waals surface area contributed by atoms with Crippen molar-refractivity contribution in [3.8, 4) is 0 Å². The molecular formula is C14H18F2N2O. The number of amides is 1. The number of hydrogen-bond acceptors (Lipinski definition) is 2. The summed E-state index contributed by atoms with van der Waals surface area (Å²) in [6, 6.07) is 2.10. The molecule has 0 saturated heterocycles. The molecule has 5 heteroatoms. The van der Waals surface area contributed by atoms with E-state index in [1.807, 2.05) is 0 Å². The van der Waals surface area contributed by atoms with E-state index in [1.54, 1.807) is 0 Å². The van der Waals surface area contributed by atoms with Gasteiger partial charge in [-0.25, -0.2) is 8.78 Å². The van der Waals surface area contributed by atoms with Gasteiger partial charge in [0.1, 0.15) is 17.3 Å². The van der Waals surface area contributed by atoms with Crippen molar-refractivity contribution in [1.29, 1.82) is 0 Å². The minimum Gasteiger partial charge on any atom is -0.383 e. The van der Waals surface area contributed by atoms with Crippen LogP contribution in [-0.4, -0.2) is 19.5 Å². The number of carbonyl (C=O) groups excluding carboxylic acids is 1. The molecule has 1 aliphatic carbocycles. The lowest BCUT2D eigenvalue weighted by Gasteiger charge is -2.38. The molecule has 19 heavy (non-hydrogen) atoms. The van der Waals surface area contributed by atoms with Gasteiger partial charge in [-0.15, -0.1) is 0 Å². The first-order valence-corrected chi connectivity index (χ1v) is 6.40. The van der Waals surface area contributed by atoms with Crippen LogP contribution < -0.4 is 10.6 Å². The van der Waals surface area contributed by atoms with Gasteiger partial charge in [0.2, 0.25) is 0 Å². The first kappa shape index (κ1) is 13.8. The summed E-state index contributed by atoms with van der Waals surface area (Å²) in [5.41, 5.74) is -0.0723. The zero-order chi connectivity index (χ0) is 14.0. The Hall–Kier alpha value is -1.65. The first-order chi connectivity index (χ1) is 8.95. The molecule has 0 unspecified atom stereocenters. The lowest BCUT2D eigenvalue weighted by molar-refractivity contribution is 0.0890. The molecule has 1 amide bonds. The molecule has 104 valence electrons. The lowest BCUT2D eigenvalue weighted by atomic mass is 9.70. The number of anilines is 1. The number of rotatable bonds is 4. The van der Waals surface area contributed by atoms with Crippen molar-refractivity contribution in [2.24, 2.45) is 5.41 Å². The number of halogens is 2. The third-order valence-electron chi connectivity index (χ3n) is 3.79. The fourth-order valence-electron chi connectivity index (χ4n) is 2.30. The van der Waals surface area contributed by atoms with E-state index in [1.165, 1.54) is 13.5 Å². The second-order valence-corrected chi connectivity index (χ2v) is 5.41. The number of nitrogens with one attached hydrogen (secondary N) is 2. The Morgan fingerprint density at radius 2 is 1.89 bits per heavy atom. The Morgan fingerprint density at radius 3 is 2.32 bits per heavy atom. The van der Waals surface area contributed by atoms with Crippen molar-refractivity contribution in [1.82, 2.24) is 5.32 Å². The van der Waals surface area contributed by atoms with Crippen LogP contribution in [0.5, 0.6) is 0 Å². The van der Waals surface area contributed by atoms with Crippen molar-refractivity contribution >= 4 is 11.6 Å². The Bertz CT molecular complexity index is 475. The second-order valence-electron chi connectivity index (χ2n) is 5.41. The van der Waals surface area contributed by atoms with Crippen LogP contribution in [0.1, 0.15) is 36.5 Å². The van der Waals surface area contributed by atoms with E-state index in [9.17, 15) is 13.6 Å². The first-order valence-electron chi connectivity index (χ1n) is 6.40. The van der Waals surface area contributed by atoms with Gasteiger partial charge in [0.25, 0.3) is 5.91 Å². The fourth-order valence-corrected chi connectivity index (χ4v) is 2.30. The minimum atomic E-state index is -0.762. The quantitative estimate of drug-likeness (QED) is 0.881. The molecule has 1 aromatic carbocycles. The molecule has 0 spiro atoms. The van der Waals surface area contributed by atoms with Crippen LogP contribution >= 0.6 is 0 Å². The molecule has 3 nitrogen and oxygen atoms in total. The van der Waals surface area contributed by atoms with Gasteiger partial charge in [-0.1, -0.05) is 13.3 Å². The van der Waals surface area contributed by atoms with Gasteiger partial charge in [0, 0.05) is 19.2 Å². The topological polar surface area (TPSA) is 41.1 Å². The van der Waals surface area contributed by atoms with Gasteiger partial charge in [-0.05, 0) is 30.4 Å². The highest BCUT2D eigenvalue weighted by Crippen LogP contribution is 2.39. The molecule has 0 aromatic heterocycles. The monoisotopic (exact) mass is 268 g/mol. The minimum absolute atomic E-state index is 0.0110. The van der Waals surface area contributed by atoms with Crippen molar-refractivity contribution < 1.29 is 13.6 Å². The normalized spacial score (nSPS) is 16.6. The largest absolute Gasteiger partial charge is 0.383 e. The summed E-state index contributed by atoms with van der Waals surface area (Å²) in [4.78, 5) is 11.9. The van der Waals surface area contributed by atoms with Gasteiger partial charge in [-0.3, -0.25) is 4.79 Å². The number of hydrogen-bond donors (Lipinski definition) is 2. The average Bonchev–Trinajstić information content (AvgIpc) is 2.33. The maximum atomic E-state index is 13.5. The van der Waals surface area contributed by atoms with Gasteiger partial charge in [0.05, 0.1) is 0 Å². The second kappa shape index (κ2) is 5.15. The van der Waals surface area contributed by atoms with Crippen LogP contribution in [0.25, 0.3) is 0 Å². The van der Waals surface area contributed by atoms with Gasteiger partial charge in [-0.2, -0.15) is 0 Å². The van der Waals surface area contributed by atoms with Gasteiger partial charge >= 0.3 is 0 Å². The van der Waals surface area contributed by atoms with Gasteiger partial charge < -0.3 is 10.6 Å². The molecule has 1 aromatic rings. The Balaban J connectivity index is 2.07. The summed E-state index contributed by atoms with van der Waals surface area (Å²) in [6.07, 6.45) is 3.33. The molecule has 1 aliphatic rings. The summed E-state index contributed by atoms with van der Waals surface area (Å²) in [7, 11) is 1.43. The smallest absolute Gasteiger partial charge is 0.251 e. The standard InChI is InChI=1S/C14H18F2N2O/c1-14(4-3-5-14)8-18-13(19)9-6-10(15)12(17-2)11(16)7-9/h6-7,17H,3-5,8H2,1-2H3,(H,18,19). The van der Waals surface area contributed by atoms with Crippen LogP contribution in [0, 0.1) is 17.0 Å². The van der Waals surface area contributed by atoms with E-state index in [2.05, 4.69) is 17.6 Å². The zero-order valence-corrected chi connectivity index (χ0v) is 11.1. The van der Waals surface area contributed by atoms with Crippen LogP contribution in [-0.2, 0) is 0 Å². The lowest BCUT2D eigenvalue weighted by Crippen LogP contribution is -2.40. The molecule has 0 heterocycles. The zero-order valence-electron chi connectivity index (χ0n) is 11.1. The van der Waals surface area contributed by atoms with Crippen LogP contribution in [0.2, 0.25) is 0 Å². The summed E-state index contributed by atoms with van der Waals surface area (Å²) in [5.74, 6) is -1.96. The summed E-state index contributed by atoms with van der Waals surface area (Å²) in [5, 5.41) is 5.16. The van der Waals surface area contributed by atoms with Gasteiger partial charge in [0.15, 0.2) is 0 Å². The van der Waals surface area contributed by atoms with E-state index in [4.69, 9.17) is 0 Å². The van der Waals surface area contributed by atoms with E-state index in [-0.39, 0.29) is 16.7 Å². The van der Waals surface area contributed by atoms with Crippen molar-refractivity contribution in [3.63, 3.8) is 0 Å². The highest BCUT2D eigenvalue weighted by molar-refractivity contribution is 5.94. The molecule has 1 fully saturated rings. The molecular weight excluding hydrogens is 250 g/mol. The van der Waals surface area contributed by atoms with E-state index in [0.717, 1.165) is 25.0 Å². The highest BCUT2D eigenvalue weighted by Gasteiger charge is 2.32. The third kappa shape index (κ3) is 2.85. The molecule has 2 rings (SSSR count). The Kier molecular flexibility index (Phi) is 3.73. The molecule has 2 N–H and O–H groups in total. The summed E-state index contributed by atoms with van der Waals surface area (Å²) >= 11 is 0. The van der Waals surface area contributed by atoms with Crippen molar-refractivity contribution in [2.45, 2.75) is 26.2 Å². The van der Waals surface area contributed by atoms with E-state index < -0.39 is 17.5 Å². The maximum Gasteiger partial charge on any atom is 0.251 e. The maximum absolute atomic E-state index is 13.5. The SMILES string of the molecule is CNc1c(F)cc(C(=O)NCC2(C)CCC2)cc1F. The third-order valence-corrected chi connectivity index (χ3v) is 3.79. The predicted octanol–water partition coefficient (Wildman–Crippen LogP) is 2.93. The number of benzene rings is 1. The summed E-state index contributed by atoms with van der Waals surface area (Å²) < 4.78 is 27.1. The molecule has 0 atom stereocenters. The van der Waals surface area contributed by atoms with Crippen molar-refractivity contribution in [2.75, 3.05) is 18.9 Å².